The molecule has 0 unspecified atom stereocenters. The lowest BCUT2D eigenvalue weighted by Crippen LogP contribution is -2.24. The first kappa shape index (κ1) is 18.0. The first-order chi connectivity index (χ1) is 12.2. The molecule has 0 amide bonds. The highest BCUT2D eigenvalue weighted by molar-refractivity contribution is 7.10. The van der Waals surface area contributed by atoms with Gasteiger partial charge in [-0.3, -0.25) is 4.90 Å². The Kier molecular flexibility index (Phi) is 6.48. The van der Waals surface area contributed by atoms with Crippen LogP contribution in [-0.4, -0.2) is 36.3 Å². The Hall–Kier alpha value is -1.84. The van der Waals surface area contributed by atoms with E-state index in [9.17, 15) is 5.11 Å². The number of rotatable bonds is 6. The molecule has 0 spiro atoms. The lowest BCUT2D eigenvalue weighted by Gasteiger charge is -2.18. The average Bonchev–Trinajstić information content (AvgIpc) is 3.26. The molecular formula is C20H23NO3S. The van der Waals surface area contributed by atoms with Gasteiger partial charge in [0, 0.05) is 17.5 Å². The van der Waals surface area contributed by atoms with Crippen LogP contribution in [0.4, 0.5) is 0 Å². The number of aromatic hydroxyl groups is 1. The molecule has 1 aromatic heterocycles. The maximum absolute atomic E-state index is 9.61. The van der Waals surface area contributed by atoms with Gasteiger partial charge in [0.2, 0.25) is 0 Å². The monoisotopic (exact) mass is 357 g/mol. The van der Waals surface area contributed by atoms with Gasteiger partial charge in [-0.15, -0.1) is 11.3 Å². The van der Waals surface area contributed by atoms with Crippen molar-refractivity contribution in [2.45, 2.75) is 26.2 Å². The summed E-state index contributed by atoms with van der Waals surface area (Å²) < 4.78 is 11.0. The Morgan fingerprint density at radius 2 is 2.12 bits per heavy atom. The van der Waals surface area contributed by atoms with Crippen LogP contribution in [0, 0.1) is 11.8 Å². The third-order valence-electron chi connectivity index (χ3n) is 3.87. The van der Waals surface area contributed by atoms with E-state index in [4.69, 9.17) is 9.47 Å². The summed E-state index contributed by atoms with van der Waals surface area (Å²) in [6.45, 7) is 5.94. The second-order valence-electron chi connectivity index (χ2n) is 5.99. The minimum absolute atomic E-state index is 0.220. The number of hydrogen-bond acceptors (Lipinski definition) is 5. The van der Waals surface area contributed by atoms with Crippen LogP contribution >= 0.6 is 11.3 Å². The largest absolute Gasteiger partial charge is 0.508 e. The van der Waals surface area contributed by atoms with Crippen LogP contribution in [0.15, 0.2) is 35.7 Å². The number of phenols is 1. The van der Waals surface area contributed by atoms with Crippen LogP contribution in [0.2, 0.25) is 0 Å². The molecule has 4 nitrogen and oxygen atoms in total. The zero-order chi connectivity index (χ0) is 17.5. The van der Waals surface area contributed by atoms with E-state index in [0.717, 1.165) is 35.5 Å². The Bertz CT molecular complexity index is 741. The summed E-state index contributed by atoms with van der Waals surface area (Å²) in [6.07, 6.45) is 0.849. The van der Waals surface area contributed by atoms with E-state index in [2.05, 4.69) is 23.7 Å². The van der Waals surface area contributed by atoms with Gasteiger partial charge >= 0.3 is 0 Å². The van der Waals surface area contributed by atoms with Crippen LogP contribution in [-0.2, 0) is 16.0 Å². The zero-order valence-electron chi connectivity index (χ0n) is 14.4. The molecule has 1 fully saturated rings. The van der Waals surface area contributed by atoms with Crippen molar-refractivity contribution in [2.24, 2.45) is 0 Å². The van der Waals surface area contributed by atoms with Crippen molar-refractivity contribution in [3.8, 4) is 17.6 Å². The van der Waals surface area contributed by atoms with Gasteiger partial charge in [0.05, 0.1) is 24.6 Å². The molecular weight excluding hydrogens is 334 g/mol. The molecule has 2 aromatic rings. The molecule has 1 aromatic carbocycles. The van der Waals surface area contributed by atoms with Crippen molar-refractivity contribution in [3.63, 3.8) is 0 Å². The number of phenolic OH excluding ortho intramolecular Hbond substituents is 1. The normalized spacial score (nSPS) is 14.6. The molecule has 0 saturated carbocycles. The SMILES string of the molecule is CCCN(CC#Cc1csc(C2OCCO2)c1)Cc1cccc(O)c1. The van der Waals surface area contributed by atoms with Crippen LogP contribution in [0.1, 0.15) is 35.6 Å². The predicted octanol–water partition coefficient (Wildman–Crippen LogP) is 3.76. The second kappa shape index (κ2) is 9.02. The van der Waals surface area contributed by atoms with Gasteiger partial charge in [0.25, 0.3) is 0 Å². The topological polar surface area (TPSA) is 41.9 Å². The van der Waals surface area contributed by atoms with Crippen molar-refractivity contribution in [2.75, 3.05) is 26.3 Å². The van der Waals surface area contributed by atoms with Gasteiger partial charge in [-0.2, -0.15) is 0 Å². The van der Waals surface area contributed by atoms with Gasteiger partial charge in [-0.25, -0.2) is 0 Å². The fourth-order valence-corrected chi connectivity index (χ4v) is 3.59. The van der Waals surface area contributed by atoms with Crippen LogP contribution in [0.5, 0.6) is 5.75 Å². The molecule has 0 radical (unpaired) electrons. The third kappa shape index (κ3) is 5.32. The lowest BCUT2D eigenvalue weighted by molar-refractivity contribution is -0.0413. The first-order valence-electron chi connectivity index (χ1n) is 8.55. The van der Waals surface area contributed by atoms with E-state index in [1.165, 1.54) is 0 Å². The number of nitrogens with zero attached hydrogens (tertiary/aromatic N) is 1. The molecule has 3 rings (SSSR count). The molecule has 1 aliphatic heterocycles. The van der Waals surface area contributed by atoms with E-state index in [1.54, 1.807) is 17.4 Å². The van der Waals surface area contributed by atoms with E-state index >= 15 is 0 Å². The van der Waals surface area contributed by atoms with Crippen molar-refractivity contribution < 1.29 is 14.6 Å². The Balaban J connectivity index is 1.59. The summed E-state index contributed by atoms with van der Waals surface area (Å²) in [5, 5.41) is 11.7. The number of hydrogen-bond donors (Lipinski definition) is 1. The van der Waals surface area contributed by atoms with E-state index in [-0.39, 0.29) is 6.29 Å². The smallest absolute Gasteiger partial charge is 0.193 e. The van der Waals surface area contributed by atoms with Gasteiger partial charge in [-0.05, 0) is 36.7 Å². The minimum atomic E-state index is -0.220. The first-order valence-corrected chi connectivity index (χ1v) is 9.43. The van der Waals surface area contributed by atoms with Crippen LogP contribution < -0.4 is 0 Å². The van der Waals surface area contributed by atoms with Gasteiger partial charge in [0.15, 0.2) is 6.29 Å². The van der Waals surface area contributed by atoms with E-state index in [1.807, 2.05) is 29.6 Å². The molecule has 0 aliphatic carbocycles. The van der Waals surface area contributed by atoms with E-state index < -0.39 is 0 Å². The maximum atomic E-state index is 9.61. The fourth-order valence-electron chi connectivity index (χ4n) is 2.76. The summed E-state index contributed by atoms with van der Waals surface area (Å²) in [6, 6.07) is 9.46. The minimum Gasteiger partial charge on any atom is -0.508 e. The number of benzene rings is 1. The van der Waals surface area contributed by atoms with E-state index in [0.29, 0.717) is 25.5 Å². The second-order valence-corrected chi connectivity index (χ2v) is 6.94. The summed E-state index contributed by atoms with van der Waals surface area (Å²) in [7, 11) is 0. The molecule has 0 atom stereocenters. The van der Waals surface area contributed by atoms with Crippen molar-refractivity contribution in [1.82, 2.24) is 4.90 Å². The highest BCUT2D eigenvalue weighted by Crippen LogP contribution is 2.28. The predicted molar refractivity (Wildman–Crippen MR) is 99.5 cm³/mol. The van der Waals surface area contributed by atoms with Crippen LogP contribution in [0.25, 0.3) is 0 Å². The molecule has 1 N–H and O–H groups in total. The zero-order valence-corrected chi connectivity index (χ0v) is 15.2. The summed E-state index contributed by atoms with van der Waals surface area (Å²) in [5.74, 6) is 6.80. The summed E-state index contributed by atoms with van der Waals surface area (Å²) >= 11 is 1.63. The van der Waals surface area contributed by atoms with Gasteiger partial charge in [-0.1, -0.05) is 30.9 Å². The molecule has 132 valence electrons. The number of thiophene rings is 1. The standard InChI is InChI=1S/C20H23NO3S/c1-2-8-21(14-16-5-3-7-18(22)12-16)9-4-6-17-13-19(25-15-17)20-23-10-11-24-20/h3,5,7,12-13,15,20,22H,2,8-11,14H2,1H3. The average molecular weight is 357 g/mol. The van der Waals surface area contributed by atoms with Crippen molar-refractivity contribution in [3.05, 3.63) is 51.7 Å². The third-order valence-corrected chi connectivity index (χ3v) is 4.82. The lowest BCUT2D eigenvalue weighted by atomic mass is 10.2. The van der Waals surface area contributed by atoms with Gasteiger partial charge < -0.3 is 14.6 Å². The molecule has 25 heavy (non-hydrogen) atoms. The maximum Gasteiger partial charge on any atom is 0.193 e. The Morgan fingerprint density at radius 1 is 1.28 bits per heavy atom. The molecule has 2 heterocycles. The van der Waals surface area contributed by atoms with Crippen molar-refractivity contribution >= 4 is 11.3 Å². The Labute approximate surface area is 153 Å². The van der Waals surface area contributed by atoms with Crippen LogP contribution in [0.3, 0.4) is 0 Å². The van der Waals surface area contributed by atoms with Gasteiger partial charge in [0.1, 0.15) is 5.75 Å². The molecule has 1 saturated heterocycles. The highest BCUT2D eigenvalue weighted by Gasteiger charge is 2.19. The molecule has 1 aliphatic rings. The summed E-state index contributed by atoms with van der Waals surface area (Å²) in [5.41, 5.74) is 2.11. The highest BCUT2D eigenvalue weighted by atomic mass is 32.1. The fraction of sp³-hybridized carbons (Fsp3) is 0.400. The summed E-state index contributed by atoms with van der Waals surface area (Å²) in [4.78, 5) is 3.37. The van der Waals surface area contributed by atoms with Crippen molar-refractivity contribution in [1.29, 1.82) is 0 Å². The molecule has 5 heteroatoms. The molecule has 0 bridgehead atoms. The quantitative estimate of drug-likeness (QED) is 0.799. The Morgan fingerprint density at radius 3 is 2.88 bits per heavy atom. The number of ether oxygens (including phenoxy) is 2.